The van der Waals surface area contributed by atoms with Gasteiger partial charge >= 0.3 is 0 Å². The molecule has 0 saturated heterocycles. The Bertz CT molecular complexity index is 334. The second-order valence-electron chi connectivity index (χ2n) is 8.26. The van der Waals surface area contributed by atoms with Crippen LogP contribution in [0.3, 0.4) is 0 Å². The summed E-state index contributed by atoms with van der Waals surface area (Å²) < 4.78 is 0. The molecule has 0 aliphatic heterocycles. The highest BCUT2D eigenvalue weighted by Gasteiger charge is 2.34. The molecule has 0 aromatic heterocycles. The average molecular weight is 304 g/mol. The molecule has 1 nitrogen and oxygen atoms in total. The fourth-order valence-electron chi connectivity index (χ4n) is 5.21. The van der Waals surface area contributed by atoms with E-state index in [1.54, 1.807) is 0 Å². The number of nitriles is 1. The van der Waals surface area contributed by atoms with E-state index >= 15 is 0 Å². The van der Waals surface area contributed by atoms with Gasteiger partial charge in [0.05, 0.1) is 6.07 Å². The Kier molecular flexibility index (Phi) is 7.77. The minimum Gasteiger partial charge on any atom is -0.198 e. The van der Waals surface area contributed by atoms with Crippen LogP contribution in [0.2, 0.25) is 0 Å². The lowest BCUT2D eigenvalue weighted by molar-refractivity contribution is 0.0994. The second kappa shape index (κ2) is 9.59. The Morgan fingerprint density at radius 1 is 0.909 bits per heavy atom. The van der Waals surface area contributed by atoms with E-state index in [1.807, 2.05) is 0 Å². The van der Waals surface area contributed by atoms with E-state index in [1.165, 1.54) is 83.5 Å². The monoisotopic (exact) mass is 303 g/mol. The van der Waals surface area contributed by atoms with Crippen LogP contribution in [0.15, 0.2) is 0 Å². The largest absolute Gasteiger partial charge is 0.198 e. The summed E-state index contributed by atoms with van der Waals surface area (Å²) in [6.45, 7) is 4.82. The highest BCUT2D eigenvalue weighted by Crippen LogP contribution is 2.45. The molecule has 2 aliphatic carbocycles. The van der Waals surface area contributed by atoms with Crippen molar-refractivity contribution in [2.24, 2.45) is 29.6 Å². The minimum absolute atomic E-state index is 0.367. The predicted octanol–water partition coefficient (Wildman–Crippen LogP) is 6.73. The molecule has 0 bridgehead atoms. The molecule has 1 heteroatoms. The molecule has 2 aliphatic rings. The SMILES string of the molecule is CCCCCCC[C@H]1CCC(C2CCC(C#N)CC2)[C@H](C)C1. The third-order valence-electron chi connectivity index (χ3n) is 6.62. The number of hydrogen-bond donors (Lipinski definition) is 0. The van der Waals surface area contributed by atoms with Crippen LogP contribution in [0.1, 0.15) is 97.3 Å². The highest BCUT2D eigenvalue weighted by atomic mass is 14.4. The number of hydrogen-bond acceptors (Lipinski definition) is 1. The first kappa shape index (κ1) is 17.8. The average Bonchev–Trinajstić information content (AvgIpc) is 2.55. The van der Waals surface area contributed by atoms with Gasteiger partial charge in [-0.2, -0.15) is 5.26 Å². The van der Waals surface area contributed by atoms with Crippen molar-refractivity contribution in [1.29, 1.82) is 5.26 Å². The fourth-order valence-corrected chi connectivity index (χ4v) is 5.21. The zero-order valence-electron chi connectivity index (χ0n) is 15.0. The molecule has 0 N–H and O–H groups in total. The van der Waals surface area contributed by atoms with Crippen molar-refractivity contribution in [3.05, 3.63) is 0 Å². The van der Waals surface area contributed by atoms with Gasteiger partial charge in [0.1, 0.15) is 0 Å². The summed E-state index contributed by atoms with van der Waals surface area (Å²) in [5, 5.41) is 9.06. The zero-order chi connectivity index (χ0) is 15.8. The smallest absolute Gasteiger partial charge is 0.0655 e. The molecule has 2 saturated carbocycles. The van der Waals surface area contributed by atoms with E-state index in [0.29, 0.717) is 5.92 Å². The molecule has 0 heterocycles. The van der Waals surface area contributed by atoms with E-state index in [4.69, 9.17) is 5.26 Å². The standard InChI is InChI=1S/C21H37N/c1-3-4-5-6-7-8-18-11-14-21(17(2)15-18)20-12-9-19(16-22)10-13-20/h17-21H,3-15H2,1-2H3/t17-,18+,19?,20?,21?/m1/s1. The lowest BCUT2D eigenvalue weighted by Gasteiger charge is -2.41. The summed E-state index contributed by atoms with van der Waals surface area (Å²) in [5.41, 5.74) is 0. The molecule has 22 heavy (non-hydrogen) atoms. The van der Waals surface area contributed by atoms with Crippen LogP contribution >= 0.6 is 0 Å². The first-order valence-electron chi connectivity index (χ1n) is 10.1. The van der Waals surface area contributed by atoms with Gasteiger partial charge in [0.2, 0.25) is 0 Å². The summed E-state index contributed by atoms with van der Waals surface area (Å²) in [7, 11) is 0. The Morgan fingerprint density at radius 2 is 1.64 bits per heavy atom. The molecule has 1 unspecified atom stereocenters. The van der Waals surface area contributed by atoms with Crippen LogP contribution in [0.5, 0.6) is 0 Å². The lowest BCUT2D eigenvalue weighted by Crippen LogP contribution is -2.31. The minimum atomic E-state index is 0.367. The van der Waals surface area contributed by atoms with Gasteiger partial charge in [-0.25, -0.2) is 0 Å². The van der Waals surface area contributed by atoms with Gasteiger partial charge in [0.15, 0.2) is 0 Å². The molecule has 126 valence electrons. The van der Waals surface area contributed by atoms with Crippen LogP contribution in [0, 0.1) is 40.9 Å². The van der Waals surface area contributed by atoms with E-state index in [-0.39, 0.29) is 0 Å². The second-order valence-corrected chi connectivity index (χ2v) is 8.26. The van der Waals surface area contributed by atoms with Crippen molar-refractivity contribution in [3.8, 4) is 6.07 Å². The van der Waals surface area contributed by atoms with Crippen LogP contribution in [-0.2, 0) is 0 Å². The summed E-state index contributed by atoms with van der Waals surface area (Å²) in [6, 6.07) is 2.48. The van der Waals surface area contributed by atoms with Crippen molar-refractivity contribution in [2.75, 3.05) is 0 Å². The Balaban J connectivity index is 1.66. The maximum Gasteiger partial charge on any atom is 0.0655 e. The van der Waals surface area contributed by atoms with Crippen molar-refractivity contribution < 1.29 is 0 Å². The number of rotatable bonds is 7. The van der Waals surface area contributed by atoms with Crippen molar-refractivity contribution in [2.45, 2.75) is 97.3 Å². The van der Waals surface area contributed by atoms with Gasteiger partial charge in [0, 0.05) is 5.92 Å². The summed E-state index contributed by atoms with van der Waals surface area (Å²) in [5.74, 6) is 4.22. The first-order valence-corrected chi connectivity index (χ1v) is 10.1. The fraction of sp³-hybridized carbons (Fsp3) is 0.952. The van der Waals surface area contributed by atoms with Crippen LogP contribution in [-0.4, -0.2) is 0 Å². The van der Waals surface area contributed by atoms with E-state index in [9.17, 15) is 0 Å². The van der Waals surface area contributed by atoms with Gasteiger partial charge in [0.25, 0.3) is 0 Å². The summed E-state index contributed by atoms with van der Waals surface area (Å²) in [4.78, 5) is 0. The van der Waals surface area contributed by atoms with Gasteiger partial charge in [-0.3, -0.25) is 0 Å². The normalized spacial score (nSPS) is 36.0. The lowest BCUT2D eigenvalue weighted by atomic mass is 9.64. The molecule has 3 atom stereocenters. The van der Waals surface area contributed by atoms with Gasteiger partial charge in [-0.05, 0) is 62.2 Å². The van der Waals surface area contributed by atoms with Gasteiger partial charge < -0.3 is 0 Å². The zero-order valence-corrected chi connectivity index (χ0v) is 15.0. The quantitative estimate of drug-likeness (QED) is 0.478. The maximum absolute atomic E-state index is 9.06. The van der Waals surface area contributed by atoms with Gasteiger partial charge in [-0.1, -0.05) is 58.8 Å². The molecule has 0 amide bonds. The third kappa shape index (κ3) is 5.29. The third-order valence-corrected chi connectivity index (χ3v) is 6.62. The summed E-state index contributed by atoms with van der Waals surface area (Å²) >= 11 is 0. The van der Waals surface area contributed by atoms with Crippen LogP contribution < -0.4 is 0 Å². The molecule has 0 aromatic rings. The van der Waals surface area contributed by atoms with Crippen LogP contribution in [0.4, 0.5) is 0 Å². The molecule has 0 spiro atoms. The van der Waals surface area contributed by atoms with E-state index < -0.39 is 0 Å². The van der Waals surface area contributed by atoms with Crippen molar-refractivity contribution >= 4 is 0 Å². The van der Waals surface area contributed by atoms with Crippen molar-refractivity contribution in [3.63, 3.8) is 0 Å². The molecular weight excluding hydrogens is 266 g/mol. The Labute approximate surface area is 138 Å². The molecular formula is C21H37N. The topological polar surface area (TPSA) is 23.8 Å². The van der Waals surface area contributed by atoms with Crippen molar-refractivity contribution in [1.82, 2.24) is 0 Å². The molecule has 0 aromatic carbocycles. The summed E-state index contributed by atoms with van der Waals surface area (Å²) in [6.07, 6.45) is 18.1. The molecule has 2 fully saturated rings. The highest BCUT2D eigenvalue weighted by molar-refractivity contribution is 4.91. The van der Waals surface area contributed by atoms with Crippen LogP contribution in [0.25, 0.3) is 0 Å². The number of unbranched alkanes of at least 4 members (excludes halogenated alkanes) is 4. The Hall–Kier alpha value is -0.510. The molecule has 2 rings (SSSR count). The van der Waals surface area contributed by atoms with E-state index in [0.717, 1.165) is 23.7 Å². The molecule has 0 radical (unpaired) electrons. The number of nitrogens with zero attached hydrogens (tertiary/aromatic N) is 1. The van der Waals surface area contributed by atoms with E-state index in [2.05, 4.69) is 19.9 Å². The Morgan fingerprint density at radius 3 is 2.27 bits per heavy atom. The maximum atomic E-state index is 9.06. The first-order chi connectivity index (χ1) is 10.7. The predicted molar refractivity (Wildman–Crippen MR) is 94.4 cm³/mol. The van der Waals surface area contributed by atoms with Gasteiger partial charge in [-0.15, -0.1) is 0 Å².